The van der Waals surface area contributed by atoms with Gasteiger partial charge in [-0.25, -0.2) is 4.21 Å². The Morgan fingerprint density at radius 2 is 1.89 bits per heavy atom. The molecule has 1 heterocycles. The zero-order valence-electron chi connectivity index (χ0n) is 29.2. The Kier molecular flexibility index (Phi) is 13.2. The van der Waals surface area contributed by atoms with Crippen LogP contribution in [0.25, 0.3) is 0 Å². The summed E-state index contributed by atoms with van der Waals surface area (Å²) in [5.74, 6) is 5.66. The van der Waals surface area contributed by atoms with Crippen molar-refractivity contribution in [2.45, 2.75) is 134 Å². The maximum absolute atomic E-state index is 11.7. The fourth-order valence-corrected chi connectivity index (χ4v) is 12.8. The lowest BCUT2D eigenvalue weighted by Crippen LogP contribution is -2.50. The van der Waals surface area contributed by atoms with Gasteiger partial charge in [-0.2, -0.15) is 13.3 Å². The van der Waals surface area contributed by atoms with Gasteiger partial charge in [-0.3, -0.25) is 4.18 Å². The van der Waals surface area contributed by atoms with Gasteiger partial charge in [-0.15, -0.1) is 0 Å². The number of hydrogen-bond donors (Lipinski definition) is 0. The maximum Gasteiger partial charge on any atom is 0.342 e. The molecule has 3 fully saturated rings. The van der Waals surface area contributed by atoms with Gasteiger partial charge in [0.25, 0.3) is 0 Å². The first-order chi connectivity index (χ1) is 21.2. The van der Waals surface area contributed by atoms with Crippen LogP contribution in [-0.2, 0) is 22.3 Å². The Bertz CT molecular complexity index is 1170. The van der Waals surface area contributed by atoms with Crippen LogP contribution in [0.4, 0.5) is 8.78 Å². The molecular weight excluding hydrogens is 625 g/mol. The number of nitrogens with zero attached hydrogens (tertiary/aromatic N) is 1. The van der Waals surface area contributed by atoms with E-state index in [9.17, 15) is 13.0 Å². The fraction of sp³-hybridized carbons (Fsp3) is 0.811. The molecule has 9 atom stereocenters. The predicted molar refractivity (Wildman–Crippen MR) is 188 cm³/mol. The monoisotopic (exact) mass is 684 g/mol. The molecule has 0 spiro atoms. The van der Waals surface area contributed by atoms with Crippen LogP contribution in [0.15, 0.2) is 41.1 Å². The highest BCUT2D eigenvalue weighted by atomic mass is 33.1. The van der Waals surface area contributed by atoms with E-state index in [1.807, 2.05) is 16.4 Å². The molecule has 8 unspecified atom stereocenters. The summed E-state index contributed by atoms with van der Waals surface area (Å²) in [6, 6.07) is 6.55. The van der Waals surface area contributed by atoms with Crippen molar-refractivity contribution in [2.24, 2.45) is 53.4 Å². The van der Waals surface area contributed by atoms with Crippen molar-refractivity contribution in [3.05, 3.63) is 36.0 Å². The number of hydrogen-bond acceptors (Lipinski definition) is 4. The van der Waals surface area contributed by atoms with Gasteiger partial charge in [0, 0.05) is 35.1 Å². The van der Waals surface area contributed by atoms with Crippen LogP contribution >= 0.6 is 21.6 Å². The second-order valence-corrected chi connectivity index (χ2v) is 19.4. The third-order valence-electron chi connectivity index (χ3n) is 12.6. The molecule has 0 N–H and O–H groups in total. The zero-order valence-corrected chi connectivity index (χ0v) is 31.6. The summed E-state index contributed by atoms with van der Waals surface area (Å²) in [5, 5.41) is -1.10. The lowest BCUT2D eigenvalue weighted by molar-refractivity contribution is -0.708. The van der Waals surface area contributed by atoms with Crippen molar-refractivity contribution in [1.82, 2.24) is 0 Å². The van der Waals surface area contributed by atoms with Crippen molar-refractivity contribution in [2.75, 3.05) is 7.11 Å². The number of pyridine rings is 1. The van der Waals surface area contributed by atoms with Crippen LogP contribution in [-0.4, -0.2) is 21.8 Å². The molecule has 0 radical (unpaired) electrons. The molecule has 4 aliphatic rings. The number of allylic oxidation sites excluding steroid dienone is 2. The smallest absolute Gasteiger partial charge is 0.289 e. The first kappa shape index (κ1) is 37.4. The van der Waals surface area contributed by atoms with Crippen molar-refractivity contribution in [1.29, 1.82) is 0 Å². The van der Waals surface area contributed by atoms with E-state index in [1.165, 1.54) is 82.1 Å². The van der Waals surface area contributed by atoms with Crippen LogP contribution < -0.4 is 4.57 Å². The molecule has 0 bridgehead atoms. The summed E-state index contributed by atoms with van der Waals surface area (Å²) in [6.45, 7) is 13.2. The van der Waals surface area contributed by atoms with Gasteiger partial charge >= 0.3 is 5.25 Å². The van der Waals surface area contributed by atoms with E-state index in [-0.39, 0.29) is 0 Å². The Morgan fingerprint density at radius 3 is 2.51 bits per heavy atom. The Hall–Kier alpha value is -0.440. The molecule has 0 aliphatic heterocycles. The second-order valence-electron chi connectivity index (χ2n) is 15.3. The molecule has 0 aromatic carbocycles. The molecule has 45 heavy (non-hydrogen) atoms. The molecule has 256 valence electrons. The lowest BCUT2D eigenvalue weighted by atomic mass is 9.47. The quantitative estimate of drug-likeness (QED) is 0.132. The topological polar surface area (TPSA) is 30.2 Å². The second kappa shape index (κ2) is 15.8. The summed E-state index contributed by atoms with van der Waals surface area (Å²) in [7, 11) is 7.26. The van der Waals surface area contributed by atoms with Gasteiger partial charge in [0.2, 0.25) is 16.1 Å². The maximum atomic E-state index is 11.7. The number of aromatic nitrogens is 1. The molecule has 1 aromatic rings. The molecule has 8 heteroatoms. The van der Waals surface area contributed by atoms with Crippen molar-refractivity contribution in [3.63, 3.8) is 0 Å². The molecule has 3 saturated carbocycles. The van der Waals surface area contributed by atoms with E-state index in [1.54, 1.807) is 0 Å². The minimum Gasteiger partial charge on any atom is -0.289 e. The van der Waals surface area contributed by atoms with Gasteiger partial charge in [0.05, 0.1) is 7.11 Å². The number of rotatable bonds is 11. The van der Waals surface area contributed by atoms with Crippen molar-refractivity contribution in [3.8, 4) is 0 Å². The van der Waals surface area contributed by atoms with E-state index < -0.39 is 16.3 Å². The zero-order chi connectivity index (χ0) is 33.0. The number of aryl methyl sites for hydroxylation is 1. The third kappa shape index (κ3) is 8.60. The van der Waals surface area contributed by atoms with Crippen LogP contribution in [0.5, 0.6) is 0 Å². The third-order valence-corrected chi connectivity index (χ3v) is 16.4. The molecule has 5 rings (SSSR count). The Balaban J connectivity index is 0.000000510. The highest BCUT2D eigenvalue weighted by Gasteiger charge is 2.58. The summed E-state index contributed by atoms with van der Waals surface area (Å²) in [6.07, 6.45) is 22.3. The summed E-state index contributed by atoms with van der Waals surface area (Å²) >= 11 is -2.48. The van der Waals surface area contributed by atoms with Crippen molar-refractivity contribution < 1.29 is 21.7 Å². The van der Waals surface area contributed by atoms with E-state index in [0.717, 1.165) is 47.9 Å². The Morgan fingerprint density at radius 1 is 1.13 bits per heavy atom. The van der Waals surface area contributed by atoms with E-state index in [4.69, 9.17) is 0 Å². The standard InChI is InChI=1S/C34H54NS2.C3H6F2O2S/c1-7-25(24(2)3)11-10-12-26-15-17-30-29-16-14-27-23-28(36-37-32-13-8-9-22-35(32)6)18-20-34(27,5)31(29)19-21-33(26,30)4;1-3(4,5)8(6)7-2/h8-9,13-14,22,24-26,28-31H,7,10-12,15-21,23H2,1-6H3;1-2H3/q+1;/t25-,26?,28?,29?,30?,31?,33?,34?;/m1./s1. The molecule has 3 nitrogen and oxygen atoms in total. The largest absolute Gasteiger partial charge is 0.342 e. The number of halogens is 2. The van der Waals surface area contributed by atoms with Gasteiger partial charge in [0.1, 0.15) is 7.05 Å². The minimum absolute atomic E-state index is 0.479. The fourth-order valence-electron chi connectivity index (χ4n) is 9.79. The van der Waals surface area contributed by atoms with E-state index >= 15 is 0 Å². The SMILES string of the molecule is CC[C@H](CCCC1CCC2C3CC=C4CC(SSc5cccc[n+]5C)CCC4(C)C3CCC12C)C(C)C.COS(=O)C(C)(F)F. The normalized spacial score (nSPS) is 34.1. The first-order valence-corrected chi connectivity index (χ1v) is 20.8. The summed E-state index contributed by atoms with van der Waals surface area (Å²) in [4.78, 5) is 0. The number of alkyl halides is 2. The van der Waals surface area contributed by atoms with E-state index in [0.29, 0.717) is 17.8 Å². The molecule has 0 amide bonds. The van der Waals surface area contributed by atoms with Crippen LogP contribution in [0.3, 0.4) is 0 Å². The number of fused-ring (bicyclic) bond motifs is 5. The van der Waals surface area contributed by atoms with Gasteiger partial charge in [-0.05, 0) is 110 Å². The van der Waals surface area contributed by atoms with Gasteiger partial charge in [-0.1, -0.05) is 76.3 Å². The van der Waals surface area contributed by atoms with Gasteiger partial charge < -0.3 is 0 Å². The predicted octanol–water partition coefficient (Wildman–Crippen LogP) is 11.0. The molecule has 4 aliphatic carbocycles. The van der Waals surface area contributed by atoms with Crippen molar-refractivity contribution >= 4 is 32.7 Å². The minimum atomic E-state index is -3.24. The van der Waals surface area contributed by atoms with Crippen LogP contribution in [0, 0.1) is 46.3 Å². The molecule has 1 aromatic heterocycles. The highest BCUT2D eigenvalue weighted by molar-refractivity contribution is 8.76. The Labute approximate surface area is 284 Å². The molecular formula is C37H60F2NO2S3+. The summed E-state index contributed by atoms with van der Waals surface area (Å²) in [5.41, 5.74) is 2.94. The molecule has 0 saturated heterocycles. The van der Waals surface area contributed by atoms with Gasteiger partial charge in [0.15, 0.2) is 6.20 Å². The summed E-state index contributed by atoms with van der Waals surface area (Å²) < 4.78 is 39.5. The average molecular weight is 685 g/mol. The average Bonchev–Trinajstić information content (AvgIpc) is 3.34. The van der Waals surface area contributed by atoms with Crippen LogP contribution in [0.2, 0.25) is 0 Å². The first-order valence-electron chi connectivity index (χ1n) is 17.6. The highest BCUT2D eigenvalue weighted by Crippen LogP contribution is 2.67. The lowest BCUT2D eigenvalue weighted by Gasteiger charge is -2.58. The van der Waals surface area contributed by atoms with Crippen LogP contribution in [0.1, 0.15) is 119 Å². The van der Waals surface area contributed by atoms with E-state index in [2.05, 4.69) is 91.7 Å².